The number of fused-ring (bicyclic) bond motifs is 1. The van der Waals surface area contributed by atoms with Crippen molar-refractivity contribution in [3.05, 3.63) is 24.0 Å². The first-order valence-electron chi connectivity index (χ1n) is 7.24. The summed E-state index contributed by atoms with van der Waals surface area (Å²) in [5.74, 6) is 0.989. The minimum Gasteiger partial charge on any atom is -0.331 e. The van der Waals surface area contributed by atoms with Crippen molar-refractivity contribution in [3.8, 4) is 0 Å². The quantitative estimate of drug-likeness (QED) is 0.937. The van der Waals surface area contributed by atoms with Crippen molar-refractivity contribution in [1.82, 2.24) is 9.55 Å². The number of aromatic nitrogens is 2. The minimum atomic E-state index is -3.21. The molecule has 0 unspecified atom stereocenters. The van der Waals surface area contributed by atoms with E-state index in [1.54, 1.807) is 12.1 Å². The SMILES string of the molecule is Cn1c(C2(CN)CCCC2)nc2cc(S(C)(=O)=O)ccc21. The number of nitrogens with zero attached hydrogens (tertiary/aromatic N) is 2. The third-order valence-corrected chi connectivity index (χ3v) is 5.82. The van der Waals surface area contributed by atoms with Crippen LogP contribution in [-0.4, -0.2) is 30.8 Å². The van der Waals surface area contributed by atoms with Gasteiger partial charge in [0.25, 0.3) is 0 Å². The Hall–Kier alpha value is -1.40. The molecule has 5 nitrogen and oxygen atoms in total. The molecule has 2 aromatic rings. The Labute approximate surface area is 125 Å². The predicted octanol–water partition coefficient (Wildman–Crippen LogP) is 1.75. The van der Waals surface area contributed by atoms with Crippen LogP contribution in [0.2, 0.25) is 0 Å². The highest BCUT2D eigenvalue weighted by atomic mass is 32.2. The molecule has 1 aromatic carbocycles. The summed E-state index contributed by atoms with van der Waals surface area (Å²) < 4.78 is 25.4. The fraction of sp³-hybridized carbons (Fsp3) is 0.533. The van der Waals surface area contributed by atoms with E-state index in [1.165, 1.54) is 19.1 Å². The van der Waals surface area contributed by atoms with E-state index in [0.717, 1.165) is 29.7 Å². The molecule has 0 aliphatic heterocycles. The van der Waals surface area contributed by atoms with Crippen molar-refractivity contribution in [1.29, 1.82) is 0 Å². The van der Waals surface area contributed by atoms with Gasteiger partial charge in [-0.15, -0.1) is 0 Å². The highest BCUT2D eigenvalue weighted by molar-refractivity contribution is 7.90. The molecular weight excluding hydrogens is 286 g/mol. The first kappa shape index (κ1) is 14.5. The number of benzene rings is 1. The zero-order valence-electron chi connectivity index (χ0n) is 12.5. The summed E-state index contributed by atoms with van der Waals surface area (Å²) in [6, 6.07) is 5.14. The van der Waals surface area contributed by atoms with E-state index < -0.39 is 9.84 Å². The van der Waals surface area contributed by atoms with Gasteiger partial charge in [-0.2, -0.15) is 0 Å². The maximum absolute atomic E-state index is 11.7. The molecule has 0 radical (unpaired) electrons. The van der Waals surface area contributed by atoms with Crippen LogP contribution in [0.1, 0.15) is 31.5 Å². The molecule has 1 fully saturated rings. The molecule has 1 heterocycles. The second-order valence-corrected chi connectivity index (χ2v) is 8.12. The van der Waals surface area contributed by atoms with E-state index in [2.05, 4.69) is 4.57 Å². The zero-order valence-corrected chi connectivity index (χ0v) is 13.3. The van der Waals surface area contributed by atoms with E-state index in [9.17, 15) is 8.42 Å². The highest BCUT2D eigenvalue weighted by Gasteiger charge is 2.38. The van der Waals surface area contributed by atoms with Gasteiger partial charge in [-0.1, -0.05) is 12.8 Å². The molecule has 1 aliphatic rings. The van der Waals surface area contributed by atoms with Crippen LogP contribution >= 0.6 is 0 Å². The largest absolute Gasteiger partial charge is 0.331 e. The summed E-state index contributed by atoms with van der Waals surface area (Å²) in [4.78, 5) is 5.04. The molecule has 0 bridgehead atoms. The van der Waals surface area contributed by atoms with Crippen LogP contribution in [0.15, 0.2) is 23.1 Å². The van der Waals surface area contributed by atoms with Crippen molar-refractivity contribution in [2.75, 3.05) is 12.8 Å². The molecule has 21 heavy (non-hydrogen) atoms. The molecule has 0 atom stereocenters. The molecule has 1 saturated carbocycles. The summed E-state index contributed by atoms with van der Waals surface area (Å²) in [5.41, 5.74) is 7.67. The van der Waals surface area contributed by atoms with E-state index >= 15 is 0 Å². The number of sulfone groups is 1. The second-order valence-electron chi connectivity index (χ2n) is 6.11. The molecule has 0 spiro atoms. The Balaban J connectivity index is 2.20. The first-order chi connectivity index (χ1) is 9.87. The standard InChI is InChI=1S/C15H21N3O2S/c1-18-13-6-5-11(21(2,19)20)9-12(13)17-14(18)15(10-16)7-3-4-8-15/h5-6,9H,3-4,7-8,10,16H2,1-2H3. The van der Waals surface area contributed by atoms with Crippen LogP contribution in [0.4, 0.5) is 0 Å². The average molecular weight is 307 g/mol. The van der Waals surface area contributed by atoms with Gasteiger partial charge in [-0.05, 0) is 31.0 Å². The molecule has 0 amide bonds. The molecule has 3 rings (SSSR count). The van der Waals surface area contributed by atoms with Crippen molar-refractivity contribution >= 4 is 20.9 Å². The Bertz CT molecular complexity index is 787. The summed E-state index contributed by atoms with van der Waals surface area (Å²) in [5, 5.41) is 0. The minimum absolute atomic E-state index is 0.0565. The number of hydrogen-bond donors (Lipinski definition) is 1. The van der Waals surface area contributed by atoms with Gasteiger partial charge in [0.1, 0.15) is 5.82 Å². The van der Waals surface area contributed by atoms with Gasteiger partial charge in [-0.3, -0.25) is 0 Å². The maximum atomic E-state index is 11.7. The van der Waals surface area contributed by atoms with Gasteiger partial charge in [0, 0.05) is 25.3 Å². The summed E-state index contributed by atoms with van der Waals surface area (Å²) >= 11 is 0. The molecular formula is C15H21N3O2S. The normalized spacial score (nSPS) is 18.4. The zero-order chi connectivity index (χ0) is 15.3. The van der Waals surface area contributed by atoms with Crippen LogP contribution in [-0.2, 0) is 22.3 Å². The van der Waals surface area contributed by atoms with Gasteiger partial charge in [0.15, 0.2) is 9.84 Å². The smallest absolute Gasteiger partial charge is 0.175 e. The molecule has 0 saturated heterocycles. The van der Waals surface area contributed by atoms with Crippen molar-refractivity contribution in [3.63, 3.8) is 0 Å². The first-order valence-corrected chi connectivity index (χ1v) is 9.14. The van der Waals surface area contributed by atoms with E-state index in [4.69, 9.17) is 10.7 Å². The monoisotopic (exact) mass is 307 g/mol. The van der Waals surface area contributed by atoms with Gasteiger partial charge >= 0.3 is 0 Å². The third-order valence-electron chi connectivity index (χ3n) is 4.71. The van der Waals surface area contributed by atoms with Crippen molar-refractivity contribution in [2.45, 2.75) is 36.0 Å². The lowest BCUT2D eigenvalue weighted by atomic mass is 9.85. The summed E-state index contributed by atoms with van der Waals surface area (Å²) in [7, 11) is -1.23. The topological polar surface area (TPSA) is 78.0 Å². The Morgan fingerprint density at radius 1 is 1.33 bits per heavy atom. The van der Waals surface area contributed by atoms with Crippen molar-refractivity contribution in [2.24, 2.45) is 12.8 Å². The van der Waals surface area contributed by atoms with E-state index in [1.807, 2.05) is 13.1 Å². The lowest BCUT2D eigenvalue weighted by Gasteiger charge is -2.26. The van der Waals surface area contributed by atoms with Gasteiger partial charge in [0.2, 0.25) is 0 Å². The number of nitrogens with two attached hydrogens (primary N) is 1. The number of hydrogen-bond acceptors (Lipinski definition) is 4. The average Bonchev–Trinajstić information content (AvgIpc) is 3.03. The fourth-order valence-corrected chi connectivity index (χ4v) is 4.10. The Morgan fingerprint density at radius 3 is 2.57 bits per heavy atom. The summed E-state index contributed by atoms with van der Waals surface area (Å²) in [6.45, 7) is 0.586. The molecule has 2 N–H and O–H groups in total. The van der Waals surface area contributed by atoms with Gasteiger partial charge in [0.05, 0.1) is 15.9 Å². The van der Waals surface area contributed by atoms with Crippen LogP contribution in [0.3, 0.4) is 0 Å². The van der Waals surface area contributed by atoms with Crippen LogP contribution < -0.4 is 5.73 Å². The molecule has 1 aliphatic carbocycles. The van der Waals surface area contributed by atoms with Gasteiger partial charge in [-0.25, -0.2) is 13.4 Å². The molecule has 1 aromatic heterocycles. The van der Waals surface area contributed by atoms with E-state index in [-0.39, 0.29) is 5.41 Å². The maximum Gasteiger partial charge on any atom is 0.175 e. The van der Waals surface area contributed by atoms with E-state index in [0.29, 0.717) is 11.4 Å². The second kappa shape index (κ2) is 4.81. The van der Waals surface area contributed by atoms with Gasteiger partial charge < -0.3 is 10.3 Å². The van der Waals surface area contributed by atoms with Crippen LogP contribution in [0, 0.1) is 0 Å². The van der Waals surface area contributed by atoms with Crippen LogP contribution in [0.5, 0.6) is 0 Å². The Morgan fingerprint density at radius 2 is 2.00 bits per heavy atom. The fourth-order valence-electron chi connectivity index (χ4n) is 3.46. The lowest BCUT2D eigenvalue weighted by Crippen LogP contribution is -2.34. The number of aryl methyl sites for hydroxylation is 1. The predicted molar refractivity (Wildman–Crippen MR) is 83.0 cm³/mol. The number of rotatable bonds is 3. The molecule has 6 heteroatoms. The Kier molecular flexibility index (Phi) is 3.33. The number of imidazole rings is 1. The highest BCUT2D eigenvalue weighted by Crippen LogP contribution is 2.40. The molecule has 114 valence electrons. The lowest BCUT2D eigenvalue weighted by molar-refractivity contribution is 0.414. The summed E-state index contributed by atoms with van der Waals surface area (Å²) in [6.07, 6.45) is 5.68. The van der Waals surface area contributed by atoms with Crippen molar-refractivity contribution < 1.29 is 8.42 Å². The van der Waals surface area contributed by atoms with Crippen LogP contribution in [0.25, 0.3) is 11.0 Å². The third kappa shape index (κ3) is 2.26.